The molecule has 0 fully saturated rings. The minimum atomic E-state index is 0.0266. The highest BCUT2D eigenvalue weighted by Crippen LogP contribution is 2.30. The fourth-order valence-electron chi connectivity index (χ4n) is 2.07. The van der Waals surface area contributed by atoms with Gasteiger partial charge in [-0.15, -0.1) is 0 Å². The molecule has 0 aliphatic heterocycles. The molecule has 0 aliphatic rings. The Morgan fingerprint density at radius 3 is 2.68 bits per heavy atom. The Hall–Kier alpha value is -2.92. The van der Waals surface area contributed by atoms with Crippen molar-refractivity contribution in [2.24, 2.45) is 0 Å². The lowest BCUT2D eigenvalue weighted by Crippen LogP contribution is -2.05. The highest BCUT2D eigenvalue weighted by Gasteiger charge is 2.14. The van der Waals surface area contributed by atoms with Crippen LogP contribution in [-0.4, -0.2) is 19.7 Å². The normalized spacial score (nSPS) is 10.4. The monoisotopic (exact) mass is 355 g/mol. The molecule has 0 unspecified atom stereocenters. The first-order valence-electron chi connectivity index (χ1n) is 6.23. The number of nitrogens with zero attached hydrogens (tertiary/aromatic N) is 5. The number of benzene rings is 1. The van der Waals surface area contributed by atoms with Crippen LogP contribution in [0.1, 0.15) is 5.56 Å². The van der Waals surface area contributed by atoms with Crippen LogP contribution in [0.15, 0.2) is 41.1 Å². The smallest absolute Gasteiger partial charge is 0.222 e. The Balaban J connectivity index is 2.15. The minimum Gasteiger partial charge on any atom is -0.382 e. The molecule has 2 heterocycles. The van der Waals surface area contributed by atoms with Gasteiger partial charge < -0.3 is 11.5 Å². The predicted octanol–water partition coefficient (Wildman–Crippen LogP) is 2.13. The Labute approximate surface area is 134 Å². The summed E-state index contributed by atoms with van der Waals surface area (Å²) >= 11 is 3.50. The topological polar surface area (TPSA) is 119 Å². The fraction of sp³-hybridized carbons (Fsp3) is 0. The van der Waals surface area contributed by atoms with E-state index in [0.717, 1.165) is 10.2 Å². The van der Waals surface area contributed by atoms with E-state index in [4.69, 9.17) is 11.5 Å². The largest absolute Gasteiger partial charge is 0.382 e. The number of rotatable bonds is 2. The highest BCUT2D eigenvalue weighted by molar-refractivity contribution is 9.10. The van der Waals surface area contributed by atoms with Gasteiger partial charge in [-0.3, -0.25) is 0 Å². The molecular formula is C14H10BrN7. The lowest BCUT2D eigenvalue weighted by molar-refractivity contribution is 0.876. The van der Waals surface area contributed by atoms with E-state index in [9.17, 15) is 5.26 Å². The molecule has 22 heavy (non-hydrogen) atoms. The van der Waals surface area contributed by atoms with Gasteiger partial charge >= 0.3 is 0 Å². The highest BCUT2D eigenvalue weighted by atomic mass is 79.9. The molecule has 3 aromatic rings. The zero-order valence-corrected chi connectivity index (χ0v) is 12.8. The fourth-order valence-corrected chi connectivity index (χ4v) is 2.63. The molecule has 0 amide bonds. The van der Waals surface area contributed by atoms with Gasteiger partial charge in [0.1, 0.15) is 17.5 Å². The van der Waals surface area contributed by atoms with Crippen molar-refractivity contribution in [3.63, 3.8) is 0 Å². The molecule has 0 radical (unpaired) electrons. The second-order valence-corrected chi connectivity index (χ2v) is 5.27. The zero-order chi connectivity index (χ0) is 15.7. The van der Waals surface area contributed by atoms with Crippen molar-refractivity contribution in [1.29, 1.82) is 5.26 Å². The minimum absolute atomic E-state index is 0.0266. The van der Waals surface area contributed by atoms with Crippen molar-refractivity contribution in [2.45, 2.75) is 0 Å². The molecule has 0 bridgehead atoms. The maximum Gasteiger partial charge on any atom is 0.222 e. The summed E-state index contributed by atoms with van der Waals surface area (Å²) in [6, 6.07) is 9.36. The van der Waals surface area contributed by atoms with E-state index in [1.54, 1.807) is 10.9 Å². The van der Waals surface area contributed by atoms with Crippen LogP contribution in [0.2, 0.25) is 0 Å². The molecule has 0 aliphatic carbocycles. The molecule has 0 saturated carbocycles. The summed E-state index contributed by atoms with van der Waals surface area (Å²) in [6.45, 7) is 0. The predicted molar refractivity (Wildman–Crippen MR) is 85.8 cm³/mol. The van der Waals surface area contributed by atoms with Gasteiger partial charge in [0.2, 0.25) is 5.95 Å². The number of hydrogen-bond acceptors (Lipinski definition) is 6. The molecule has 108 valence electrons. The molecule has 1 aromatic carbocycles. The van der Waals surface area contributed by atoms with E-state index >= 15 is 0 Å². The summed E-state index contributed by atoms with van der Waals surface area (Å²) in [4.78, 5) is 7.94. The third kappa shape index (κ3) is 2.38. The van der Waals surface area contributed by atoms with Crippen LogP contribution in [0.3, 0.4) is 0 Å². The number of halogens is 1. The van der Waals surface area contributed by atoms with Crippen molar-refractivity contribution >= 4 is 27.7 Å². The molecule has 3 rings (SSSR count). The van der Waals surface area contributed by atoms with Gasteiger partial charge in [-0.2, -0.15) is 15.3 Å². The number of nitriles is 1. The molecule has 0 atom stereocenters. The Morgan fingerprint density at radius 1 is 1.23 bits per heavy atom. The molecule has 8 heteroatoms. The number of hydrogen-bond donors (Lipinski definition) is 2. The number of aromatic nitrogens is 4. The van der Waals surface area contributed by atoms with Crippen LogP contribution in [0.25, 0.3) is 16.9 Å². The molecular weight excluding hydrogens is 346 g/mol. The molecule has 7 nitrogen and oxygen atoms in total. The summed E-state index contributed by atoms with van der Waals surface area (Å²) in [6.07, 6.45) is 3.53. The average molecular weight is 356 g/mol. The second kappa shape index (κ2) is 5.46. The third-order valence-corrected chi connectivity index (χ3v) is 3.67. The van der Waals surface area contributed by atoms with Gasteiger partial charge in [0, 0.05) is 22.4 Å². The molecule has 0 spiro atoms. The number of nitrogen functional groups attached to an aromatic ring is 2. The van der Waals surface area contributed by atoms with E-state index < -0.39 is 0 Å². The lowest BCUT2D eigenvalue weighted by Gasteiger charge is -2.09. The van der Waals surface area contributed by atoms with Crippen molar-refractivity contribution in [1.82, 2.24) is 19.7 Å². The number of nitrogens with two attached hydrogens (primary N) is 2. The summed E-state index contributed by atoms with van der Waals surface area (Å²) in [7, 11) is 0. The van der Waals surface area contributed by atoms with Crippen molar-refractivity contribution < 1.29 is 0 Å². The Bertz CT molecular complexity index is 881. The molecule has 4 N–H and O–H groups in total. The Kier molecular flexibility index (Phi) is 3.48. The van der Waals surface area contributed by atoms with E-state index in [2.05, 4.69) is 31.0 Å². The standard InChI is InChI=1S/C14H10BrN7/c15-10-6-8(2-3-11(10)22-5-1-4-19-22)12-9(7-16)13(17)21-14(18)20-12/h1-6H,(H4,17,18,20,21). The van der Waals surface area contributed by atoms with E-state index in [0.29, 0.717) is 11.3 Å². The second-order valence-electron chi connectivity index (χ2n) is 4.42. The van der Waals surface area contributed by atoms with E-state index in [1.165, 1.54) is 0 Å². The van der Waals surface area contributed by atoms with Crippen LogP contribution in [0, 0.1) is 11.3 Å². The first-order chi connectivity index (χ1) is 10.6. The van der Waals surface area contributed by atoms with Gasteiger partial charge in [0.15, 0.2) is 0 Å². The quantitative estimate of drug-likeness (QED) is 0.726. The van der Waals surface area contributed by atoms with Crippen LogP contribution in [0.5, 0.6) is 0 Å². The number of anilines is 2. The van der Waals surface area contributed by atoms with Crippen LogP contribution < -0.4 is 11.5 Å². The van der Waals surface area contributed by atoms with Crippen molar-refractivity contribution in [2.75, 3.05) is 11.5 Å². The van der Waals surface area contributed by atoms with Gasteiger partial charge in [-0.25, -0.2) is 9.67 Å². The van der Waals surface area contributed by atoms with Crippen molar-refractivity contribution in [3.8, 4) is 23.0 Å². The first kappa shape index (κ1) is 14.0. The lowest BCUT2D eigenvalue weighted by atomic mass is 10.1. The average Bonchev–Trinajstić information content (AvgIpc) is 3.00. The van der Waals surface area contributed by atoms with E-state index in [-0.39, 0.29) is 17.3 Å². The zero-order valence-electron chi connectivity index (χ0n) is 11.2. The van der Waals surface area contributed by atoms with Crippen molar-refractivity contribution in [3.05, 3.63) is 46.7 Å². The van der Waals surface area contributed by atoms with Crippen LogP contribution in [-0.2, 0) is 0 Å². The summed E-state index contributed by atoms with van der Waals surface area (Å²) < 4.78 is 2.52. The summed E-state index contributed by atoms with van der Waals surface area (Å²) in [5, 5.41) is 13.4. The molecule has 0 saturated heterocycles. The summed E-state index contributed by atoms with van der Waals surface area (Å²) in [5.74, 6) is 0.0936. The van der Waals surface area contributed by atoms with Crippen LogP contribution >= 0.6 is 15.9 Å². The van der Waals surface area contributed by atoms with Crippen LogP contribution in [0.4, 0.5) is 11.8 Å². The third-order valence-electron chi connectivity index (χ3n) is 3.04. The summed E-state index contributed by atoms with van der Waals surface area (Å²) in [5.41, 5.74) is 13.5. The van der Waals surface area contributed by atoms with Gasteiger partial charge in [-0.1, -0.05) is 6.07 Å². The van der Waals surface area contributed by atoms with Gasteiger partial charge in [0.05, 0.1) is 11.4 Å². The maximum absolute atomic E-state index is 9.25. The van der Waals surface area contributed by atoms with E-state index in [1.807, 2.05) is 36.5 Å². The first-order valence-corrected chi connectivity index (χ1v) is 7.02. The maximum atomic E-state index is 9.25. The SMILES string of the molecule is N#Cc1c(N)nc(N)nc1-c1ccc(-n2cccn2)c(Br)c1. The van der Waals surface area contributed by atoms with Gasteiger partial charge in [-0.05, 0) is 34.1 Å². The van der Waals surface area contributed by atoms with Gasteiger partial charge in [0.25, 0.3) is 0 Å². The Morgan fingerprint density at radius 2 is 2.05 bits per heavy atom. The molecule has 2 aromatic heterocycles.